The van der Waals surface area contributed by atoms with Gasteiger partial charge in [-0.2, -0.15) is 0 Å². The maximum Gasteiger partial charge on any atom is 0.162 e. The van der Waals surface area contributed by atoms with Crippen LogP contribution < -0.4 is 0 Å². The molecule has 0 spiro atoms. The lowest BCUT2D eigenvalue weighted by Crippen LogP contribution is -2.59. The van der Waals surface area contributed by atoms with Crippen molar-refractivity contribution in [2.24, 2.45) is 10.4 Å². The van der Waals surface area contributed by atoms with Crippen LogP contribution >= 0.6 is 28.7 Å². The Morgan fingerprint density at radius 1 is 1.11 bits per heavy atom. The van der Waals surface area contributed by atoms with Gasteiger partial charge >= 0.3 is 0 Å². The summed E-state index contributed by atoms with van der Waals surface area (Å²) in [6, 6.07) is 16.5. The second-order valence-corrected chi connectivity index (χ2v) is 9.60. The van der Waals surface area contributed by atoms with Gasteiger partial charge in [-0.3, -0.25) is 4.99 Å². The molecule has 150 valence electrons. The van der Waals surface area contributed by atoms with Crippen molar-refractivity contribution in [3.8, 4) is 0 Å². The minimum Gasteiger partial charge on any atom is -0.369 e. The number of halogens is 2. The molecule has 6 heteroatoms. The highest BCUT2D eigenvalue weighted by atomic mass is 79.9. The molecule has 3 atom stereocenters. The van der Waals surface area contributed by atoms with E-state index < -0.39 is 5.72 Å². The van der Waals surface area contributed by atoms with E-state index in [1.54, 1.807) is 23.9 Å². The smallest absolute Gasteiger partial charge is 0.162 e. The average molecular weight is 465 g/mol. The van der Waals surface area contributed by atoms with Crippen molar-refractivity contribution in [1.82, 2.24) is 4.90 Å². The number of benzene rings is 2. The number of hydrogen-bond acceptors (Lipinski definition) is 4. The fourth-order valence-electron chi connectivity index (χ4n) is 4.13. The third-order valence-electron chi connectivity index (χ3n) is 5.53. The summed E-state index contributed by atoms with van der Waals surface area (Å²) in [6.07, 6.45) is 0. The number of aliphatic hydroxyl groups is 1. The summed E-state index contributed by atoms with van der Waals surface area (Å²) in [6.45, 7) is 7.91. The highest BCUT2D eigenvalue weighted by molar-refractivity contribution is 8.93. The Balaban J connectivity index is 0.00000225. The van der Waals surface area contributed by atoms with E-state index in [9.17, 15) is 9.50 Å². The number of amidine groups is 1. The molecule has 3 unspecified atom stereocenters. The second kappa shape index (κ2) is 7.81. The molecule has 0 amide bonds. The molecule has 3 nitrogen and oxygen atoms in total. The van der Waals surface area contributed by atoms with E-state index in [4.69, 9.17) is 4.99 Å². The molecule has 1 fully saturated rings. The van der Waals surface area contributed by atoms with Crippen LogP contribution in [0.25, 0.3) is 0 Å². The lowest BCUT2D eigenvalue weighted by atomic mass is 9.78. The third-order valence-corrected chi connectivity index (χ3v) is 6.79. The van der Waals surface area contributed by atoms with E-state index in [0.29, 0.717) is 0 Å². The van der Waals surface area contributed by atoms with E-state index in [1.165, 1.54) is 12.1 Å². The average Bonchev–Trinajstić information content (AvgIpc) is 2.88. The van der Waals surface area contributed by atoms with Crippen LogP contribution in [-0.4, -0.2) is 39.2 Å². The van der Waals surface area contributed by atoms with E-state index in [-0.39, 0.29) is 39.4 Å². The van der Waals surface area contributed by atoms with Crippen molar-refractivity contribution < 1.29 is 9.50 Å². The van der Waals surface area contributed by atoms with Gasteiger partial charge in [-0.05, 0) is 30.2 Å². The molecule has 1 N–H and O–H groups in total. The van der Waals surface area contributed by atoms with E-state index in [2.05, 4.69) is 25.7 Å². The van der Waals surface area contributed by atoms with Gasteiger partial charge in [-0.1, -0.05) is 68.1 Å². The second-order valence-electron chi connectivity index (χ2n) is 8.29. The summed E-state index contributed by atoms with van der Waals surface area (Å²) in [7, 11) is 0. The quantitative estimate of drug-likeness (QED) is 0.689. The summed E-state index contributed by atoms with van der Waals surface area (Å²) >= 11 is 1.63. The number of thioether (sulfide) groups is 1. The molecule has 0 aliphatic carbocycles. The van der Waals surface area contributed by atoms with Crippen LogP contribution in [0, 0.1) is 11.2 Å². The SMILES string of the molecule is Br.CC1SC2=NCC(C)(C)CN2C1(O)C(c1ccccc1)c1ccc(F)cc1. The highest BCUT2D eigenvalue weighted by Gasteiger charge is 2.56. The summed E-state index contributed by atoms with van der Waals surface area (Å²) in [4.78, 5) is 6.84. The summed E-state index contributed by atoms with van der Waals surface area (Å²) in [5, 5.41) is 13.0. The molecule has 28 heavy (non-hydrogen) atoms. The van der Waals surface area contributed by atoms with Gasteiger partial charge in [0.1, 0.15) is 5.82 Å². The van der Waals surface area contributed by atoms with Gasteiger partial charge in [0, 0.05) is 18.5 Å². The van der Waals surface area contributed by atoms with Crippen molar-refractivity contribution in [3.63, 3.8) is 0 Å². The van der Waals surface area contributed by atoms with Gasteiger partial charge in [0.25, 0.3) is 0 Å². The predicted molar refractivity (Wildman–Crippen MR) is 120 cm³/mol. The zero-order chi connectivity index (χ0) is 19.2. The molecule has 0 radical (unpaired) electrons. The first kappa shape index (κ1) is 21.3. The Morgan fingerprint density at radius 2 is 1.71 bits per heavy atom. The minimum absolute atomic E-state index is 0. The molecule has 2 aliphatic heterocycles. The zero-order valence-corrected chi connectivity index (χ0v) is 18.8. The van der Waals surface area contributed by atoms with E-state index >= 15 is 0 Å². The molecular formula is C22H26BrFN2OS. The highest BCUT2D eigenvalue weighted by Crippen LogP contribution is 2.51. The number of nitrogens with zero attached hydrogens (tertiary/aromatic N) is 2. The van der Waals surface area contributed by atoms with Crippen molar-refractivity contribution in [2.75, 3.05) is 13.1 Å². The zero-order valence-electron chi connectivity index (χ0n) is 16.3. The molecule has 1 saturated heterocycles. The molecule has 0 bridgehead atoms. The predicted octanol–water partition coefficient (Wildman–Crippen LogP) is 5.06. The van der Waals surface area contributed by atoms with Gasteiger partial charge in [0.2, 0.25) is 0 Å². The topological polar surface area (TPSA) is 35.8 Å². The fraction of sp³-hybridized carbons (Fsp3) is 0.409. The summed E-state index contributed by atoms with van der Waals surface area (Å²) in [5.41, 5.74) is 0.776. The van der Waals surface area contributed by atoms with Crippen LogP contribution in [0.15, 0.2) is 59.6 Å². The molecule has 0 saturated carbocycles. The van der Waals surface area contributed by atoms with Crippen molar-refractivity contribution in [3.05, 3.63) is 71.5 Å². The van der Waals surface area contributed by atoms with Gasteiger partial charge in [0.05, 0.1) is 11.2 Å². The van der Waals surface area contributed by atoms with Crippen molar-refractivity contribution in [1.29, 1.82) is 0 Å². The van der Waals surface area contributed by atoms with Crippen molar-refractivity contribution >= 4 is 33.9 Å². The van der Waals surface area contributed by atoms with Gasteiger partial charge in [0.15, 0.2) is 10.9 Å². The molecule has 2 aromatic rings. The largest absolute Gasteiger partial charge is 0.369 e. The van der Waals surface area contributed by atoms with Crippen LogP contribution in [0.2, 0.25) is 0 Å². The first-order valence-electron chi connectivity index (χ1n) is 9.33. The number of aliphatic imine (C=N–C) groups is 1. The van der Waals surface area contributed by atoms with Crippen molar-refractivity contribution in [2.45, 2.75) is 37.7 Å². The number of rotatable bonds is 3. The number of fused-ring (bicyclic) bond motifs is 1. The van der Waals surface area contributed by atoms with Crippen LogP contribution in [0.5, 0.6) is 0 Å². The van der Waals surface area contributed by atoms with Gasteiger partial charge in [-0.15, -0.1) is 17.0 Å². The molecular weight excluding hydrogens is 439 g/mol. The van der Waals surface area contributed by atoms with E-state index in [1.807, 2.05) is 30.3 Å². The van der Waals surface area contributed by atoms with Crippen LogP contribution in [0.4, 0.5) is 4.39 Å². The molecule has 0 aromatic heterocycles. The van der Waals surface area contributed by atoms with E-state index in [0.717, 1.165) is 29.4 Å². The Labute approximate surface area is 180 Å². The summed E-state index contributed by atoms with van der Waals surface area (Å²) < 4.78 is 13.6. The first-order chi connectivity index (χ1) is 12.8. The summed E-state index contributed by atoms with van der Waals surface area (Å²) in [5.74, 6) is -0.573. The number of hydrogen-bond donors (Lipinski definition) is 1. The maximum atomic E-state index is 13.6. The van der Waals surface area contributed by atoms with Gasteiger partial charge < -0.3 is 10.0 Å². The monoisotopic (exact) mass is 464 g/mol. The van der Waals surface area contributed by atoms with Crippen LogP contribution in [0.1, 0.15) is 37.8 Å². The van der Waals surface area contributed by atoms with Crippen LogP contribution in [0.3, 0.4) is 0 Å². The minimum atomic E-state index is -1.14. The fourth-order valence-corrected chi connectivity index (χ4v) is 5.36. The maximum absolute atomic E-state index is 13.6. The molecule has 2 heterocycles. The Hall–Kier alpha value is -1.37. The molecule has 2 aromatic carbocycles. The Bertz CT molecular complexity index is 859. The molecule has 2 aliphatic rings. The first-order valence-corrected chi connectivity index (χ1v) is 10.2. The normalized spacial score (nSPS) is 26.8. The third kappa shape index (κ3) is 3.62. The lowest BCUT2D eigenvalue weighted by molar-refractivity contribution is -0.0873. The van der Waals surface area contributed by atoms with Gasteiger partial charge in [-0.25, -0.2) is 4.39 Å². The standard InChI is InChI=1S/C22H25FN2OS.BrH/c1-15-22(26,25-14-21(2,3)13-24-20(25)27-15)19(16-7-5-4-6-8-16)17-9-11-18(23)12-10-17;/h4-12,15,19,26H,13-14H2,1-3H3;1H. The lowest BCUT2D eigenvalue weighted by Gasteiger charge is -2.47. The Morgan fingerprint density at radius 3 is 2.36 bits per heavy atom. The Kier molecular flexibility index (Phi) is 5.95. The molecule has 4 rings (SSSR count). The van der Waals surface area contributed by atoms with Crippen LogP contribution in [-0.2, 0) is 0 Å².